The first-order valence-corrected chi connectivity index (χ1v) is 18.7. The monoisotopic (exact) mass is 613 g/mol. The number of halogens is 4. The molecule has 0 unspecified atom stereocenters. The molecular formula is H6I4O3V. The van der Waals surface area contributed by atoms with Gasteiger partial charge in [-0.1, -0.05) is 0 Å². The molecule has 0 spiro atoms. The predicted octanol–water partition coefficient (Wildman–Crippen LogP) is 1.07. The molecule has 0 saturated carbocycles. The third-order valence-electron chi connectivity index (χ3n) is 0. The standard InChI is InChI=1S/4HI.3H2O.V/h4*1H;3*1H2;/q;;;;;;;+4/p-4. The van der Waals surface area contributed by atoms with Crippen LogP contribution in [0.25, 0.3) is 0 Å². The van der Waals surface area contributed by atoms with Gasteiger partial charge in [-0.2, -0.15) is 0 Å². The molecule has 0 amide bonds. The van der Waals surface area contributed by atoms with E-state index in [0.717, 1.165) is 0 Å². The SMILES string of the molecule is O.O.O.[I][V]([I])([I])[I]. The summed E-state index contributed by atoms with van der Waals surface area (Å²) >= 11 is 10.0. The van der Waals surface area contributed by atoms with Gasteiger partial charge in [0.15, 0.2) is 0 Å². The van der Waals surface area contributed by atoms with E-state index in [1.807, 2.05) is 0 Å². The molecule has 0 aliphatic carbocycles. The Balaban J connectivity index is -0.0000000267. The van der Waals surface area contributed by atoms with E-state index < -0.39 is 0.376 Å². The minimum absolute atomic E-state index is 0. The van der Waals surface area contributed by atoms with E-state index in [9.17, 15) is 0 Å². The molecule has 0 heterocycles. The van der Waals surface area contributed by atoms with Gasteiger partial charge in [0, 0.05) is 0 Å². The Labute approximate surface area is 94.2 Å². The molecule has 0 radical (unpaired) electrons. The molecule has 8 heavy (non-hydrogen) atoms. The second-order valence-corrected chi connectivity index (χ2v) is 71.1. The van der Waals surface area contributed by atoms with Gasteiger partial charge in [0.2, 0.25) is 0 Å². The third kappa shape index (κ3) is 57.6. The second-order valence-electron chi connectivity index (χ2n) is 0.383. The summed E-state index contributed by atoms with van der Waals surface area (Å²) < 4.78 is -0.995. The summed E-state index contributed by atoms with van der Waals surface area (Å²) in [7, 11) is 0. The van der Waals surface area contributed by atoms with Gasteiger partial charge in [-0.15, -0.1) is 0 Å². The molecule has 0 aromatic heterocycles. The summed E-state index contributed by atoms with van der Waals surface area (Å²) in [5.74, 6) is 0. The van der Waals surface area contributed by atoms with Gasteiger partial charge in [0.25, 0.3) is 0 Å². The number of hydrogen-bond acceptors (Lipinski definition) is 0. The van der Waals surface area contributed by atoms with Crippen molar-refractivity contribution in [2.24, 2.45) is 0 Å². The Bertz CT molecular complexity index is 26.8. The Hall–Kier alpha value is 3.38. The van der Waals surface area contributed by atoms with Gasteiger partial charge in [-0.25, -0.2) is 0 Å². The van der Waals surface area contributed by atoms with E-state index in [0.29, 0.717) is 0 Å². The van der Waals surface area contributed by atoms with Gasteiger partial charge in [0.05, 0.1) is 0 Å². The van der Waals surface area contributed by atoms with Crippen LogP contribution in [0.1, 0.15) is 0 Å². The fourth-order valence-corrected chi connectivity index (χ4v) is 0. The molecule has 0 aromatic rings. The molecule has 3 nitrogen and oxygen atoms in total. The van der Waals surface area contributed by atoms with Crippen LogP contribution in [-0.2, 0) is 0.376 Å². The quantitative estimate of drug-likeness (QED) is 0.366. The summed E-state index contributed by atoms with van der Waals surface area (Å²) in [6.07, 6.45) is 0. The molecular weight excluding hydrogens is 607 g/mol. The molecule has 0 saturated heterocycles. The van der Waals surface area contributed by atoms with E-state index in [1.54, 1.807) is 0 Å². The van der Waals surface area contributed by atoms with Crippen LogP contribution in [0.4, 0.5) is 0 Å². The fraction of sp³-hybridized carbons (Fsp3) is 0. The van der Waals surface area contributed by atoms with E-state index in [-0.39, 0.29) is 16.4 Å². The first-order valence-electron chi connectivity index (χ1n) is 0.676. The van der Waals surface area contributed by atoms with Crippen molar-refractivity contribution in [3.05, 3.63) is 0 Å². The van der Waals surface area contributed by atoms with Crippen molar-refractivity contribution >= 4 is 79.9 Å². The summed E-state index contributed by atoms with van der Waals surface area (Å²) in [5.41, 5.74) is 0. The number of rotatable bonds is 0. The summed E-state index contributed by atoms with van der Waals surface area (Å²) in [4.78, 5) is 0. The van der Waals surface area contributed by atoms with Crippen LogP contribution in [0.5, 0.6) is 0 Å². The molecule has 0 rings (SSSR count). The van der Waals surface area contributed by atoms with E-state index >= 15 is 0 Å². The van der Waals surface area contributed by atoms with E-state index in [4.69, 9.17) is 0 Å². The van der Waals surface area contributed by atoms with Crippen molar-refractivity contribution in [1.82, 2.24) is 0 Å². The van der Waals surface area contributed by atoms with Crippen molar-refractivity contribution in [2.75, 3.05) is 0 Å². The topological polar surface area (TPSA) is 94.5 Å². The molecule has 8 heteroatoms. The Morgan fingerprint density at radius 1 is 0.625 bits per heavy atom. The van der Waals surface area contributed by atoms with Gasteiger partial charge in [0.1, 0.15) is 0 Å². The van der Waals surface area contributed by atoms with Crippen LogP contribution in [0, 0.1) is 0 Å². The number of hydrogen-bond donors (Lipinski definition) is 0. The zero-order valence-corrected chi connectivity index (χ0v) is 13.5. The molecule has 6 N–H and O–H groups in total. The molecule has 0 bridgehead atoms. The Morgan fingerprint density at radius 2 is 0.625 bits per heavy atom. The third-order valence-corrected chi connectivity index (χ3v) is 0. The molecule has 0 aromatic carbocycles. The van der Waals surface area contributed by atoms with Gasteiger partial charge in [-0.3, -0.25) is 0 Å². The van der Waals surface area contributed by atoms with E-state index in [1.165, 1.54) is 0 Å². The molecule has 57 valence electrons. The van der Waals surface area contributed by atoms with Gasteiger partial charge >= 0.3 is 80.3 Å². The van der Waals surface area contributed by atoms with Crippen LogP contribution in [0.15, 0.2) is 0 Å². The van der Waals surface area contributed by atoms with Crippen LogP contribution in [-0.4, -0.2) is 16.4 Å². The molecule has 0 aliphatic heterocycles. The van der Waals surface area contributed by atoms with Crippen molar-refractivity contribution < 1.29 is 16.8 Å². The zero-order valence-electron chi connectivity index (χ0n) is 3.46. The minimum atomic E-state index is -0.995. The maximum atomic E-state index is 2.51. The Kier molecular flexibility index (Phi) is 29.2. The Morgan fingerprint density at radius 3 is 0.625 bits per heavy atom. The van der Waals surface area contributed by atoms with Gasteiger partial charge in [-0.05, 0) is 0 Å². The first-order chi connectivity index (χ1) is 2.00. The summed E-state index contributed by atoms with van der Waals surface area (Å²) in [6, 6.07) is 0. The summed E-state index contributed by atoms with van der Waals surface area (Å²) in [6.45, 7) is 0. The average molecular weight is 613 g/mol. The van der Waals surface area contributed by atoms with Crippen molar-refractivity contribution in [2.45, 2.75) is 0 Å². The maximum absolute atomic E-state index is 2.51. The second kappa shape index (κ2) is 10.4. The average Bonchev–Trinajstić information content (AvgIpc) is 0.722. The molecule has 0 aliphatic rings. The van der Waals surface area contributed by atoms with Gasteiger partial charge < -0.3 is 16.4 Å². The van der Waals surface area contributed by atoms with E-state index in [2.05, 4.69) is 79.9 Å². The fourth-order valence-electron chi connectivity index (χ4n) is 0. The molecule has 0 fully saturated rings. The summed E-state index contributed by atoms with van der Waals surface area (Å²) in [5, 5.41) is 0. The van der Waals surface area contributed by atoms with Crippen LogP contribution in [0.2, 0.25) is 0 Å². The van der Waals surface area contributed by atoms with Crippen LogP contribution >= 0.6 is 79.9 Å². The van der Waals surface area contributed by atoms with Crippen molar-refractivity contribution in [3.63, 3.8) is 0 Å². The normalized spacial score (nSPS) is 7.50. The van der Waals surface area contributed by atoms with Crippen LogP contribution < -0.4 is 0 Å². The van der Waals surface area contributed by atoms with Crippen molar-refractivity contribution in [1.29, 1.82) is 0 Å². The molecule has 0 atom stereocenters. The zero-order chi connectivity index (χ0) is 4.50. The van der Waals surface area contributed by atoms with Crippen LogP contribution in [0.3, 0.4) is 0 Å². The first kappa shape index (κ1) is 22.5. The predicted molar refractivity (Wildman–Crippen MR) is 66.9 cm³/mol. The van der Waals surface area contributed by atoms with Crippen molar-refractivity contribution in [3.8, 4) is 0 Å².